The van der Waals surface area contributed by atoms with E-state index in [4.69, 9.17) is 9.15 Å². The van der Waals surface area contributed by atoms with E-state index in [1.807, 2.05) is 50.2 Å². The summed E-state index contributed by atoms with van der Waals surface area (Å²) in [6.45, 7) is 7.86. The maximum absolute atomic E-state index is 14.2. The highest BCUT2D eigenvalue weighted by Crippen LogP contribution is 2.64. The lowest BCUT2D eigenvalue weighted by molar-refractivity contribution is -0.132. The van der Waals surface area contributed by atoms with Gasteiger partial charge >= 0.3 is 0 Å². The maximum atomic E-state index is 14.2. The molecule has 0 N–H and O–H groups in total. The van der Waals surface area contributed by atoms with Crippen molar-refractivity contribution in [2.24, 2.45) is 16.7 Å². The van der Waals surface area contributed by atoms with E-state index >= 15 is 0 Å². The van der Waals surface area contributed by atoms with Gasteiger partial charge in [-0.15, -0.1) is 0 Å². The second kappa shape index (κ2) is 12.4. The number of carbonyl (C=O) groups is 2. The molecule has 1 amide bonds. The molecule has 5 rings (SSSR count). The predicted octanol–water partition coefficient (Wildman–Crippen LogP) is 3.21. The molecular weight excluding hydrogens is 542 g/mol. The van der Waals surface area contributed by atoms with Crippen LogP contribution in [0.4, 0.5) is 0 Å². The lowest BCUT2D eigenvalue weighted by atomic mass is 9.70. The maximum Gasteiger partial charge on any atom is 0.238 e. The van der Waals surface area contributed by atoms with Crippen molar-refractivity contribution in [1.29, 1.82) is 0 Å². The quantitative estimate of drug-likeness (QED) is 0.356. The Labute approximate surface area is 243 Å². The summed E-state index contributed by atoms with van der Waals surface area (Å²) < 4.78 is 40.7. The van der Waals surface area contributed by atoms with Gasteiger partial charge in [0, 0.05) is 44.6 Å². The summed E-state index contributed by atoms with van der Waals surface area (Å²) in [6, 6.07) is 13.5. The molecule has 9 nitrogen and oxygen atoms in total. The van der Waals surface area contributed by atoms with Crippen molar-refractivity contribution in [3.05, 3.63) is 60.1 Å². The van der Waals surface area contributed by atoms with E-state index in [0.717, 1.165) is 25.1 Å². The molecule has 0 radical (unpaired) electrons. The lowest BCUT2D eigenvalue weighted by Crippen LogP contribution is -2.51. The van der Waals surface area contributed by atoms with Crippen LogP contribution >= 0.6 is 0 Å². The van der Waals surface area contributed by atoms with Crippen molar-refractivity contribution in [2.75, 3.05) is 58.2 Å². The van der Waals surface area contributed by atoms with E-state index in [1.165, 1.54) is 4.31 Å². The molecule has 0 spiro atoms. The first-order chi connectivity index (χ1) is 19.6. The van der Waals surface area contributed by atoms with E-state index in [2.05, 4.69) is 4.90 Å². The monoisotopic (exact) mass is 585 g/mol. The fourth-order valence-electron chi connectivity index (χ4n) is 6.95. The van der Waals surface area contributed by atoms with Gasteiger partial charge in [-0.1, -0.05) is 44.2 Å². The Balaban J connectivity index is 1.36. The van der Waals surface area contributed by atoms with Gasteiger partial charge in [-0.2, -0.15) is 4.31 Å². The van der Waals surface area contributed by atoms with Crippen LogP contribution in [0, 0.1) is 16.7 Å². The molecule has 3 aliphatic rings. The van der Waals surface area contributed by atoms with E-state index in [-0.39, 0.29) is 48.4 Å². The number of furan rings is 1. The van der Waals surface area contributed by atoms with Crippen molar-refractivity contribution in [3.63, 3.8) is 0 Å². The summed E-state index contributed by atoms with van der Waals surface area (Å²) in [7, 11) is -3.93. The second-order valence-electron chi connectivity index (χ2n) is 12.3. The standard InChI is InChI=1S/C31H43N3O6S/c1-30(2)26-10-12-31(30,28(35)21-26)24-41(37,38)34(15-14-32-16-19-39-20-17-32)23-29(36)33(22-27-9-6-18-40-27)13-11-25-7-4-3-5-8-25/h3-9,18,26H,10-17,19-24H2,1-2H3. The predicted molar refractivity (Wildman–Crippen MR) is 155 cm³/mol. The number of ketones is 1. The van der Waals surface area contributed by atoms with Crippen LogP contribution in [-0.4, -0.2) is 92.4 Å². The number of hydrogen-bond acceptors (Lipinski definition) is 7. The molecule has 2 atom stereocenters. The molecule has 2 saturated carbocycles. The van der Waals surface area contributed by atoms with Crippen LogP contribution in [0.15, 0.2) is 53.1 Å². The zero-order valence-electron chi connectivity index (χ0n) is 24.3. The molecule has 41 heavy (non-hydrogen) atoms. The minimum Gasteiger partial charge on any atom is -0.467 e. The average molecular weight is 586 g/mol. The van der Waals surface area contributed by atoms with Crippen molar-refractivity contribution < 1.29 is 27.2 Å². The molecule has 1 saturated heterocycles. The number of nitrogens with zero attached hydrogens (tertiary/aromatic N) is 3. The second-order valence-corrected chi connectivity index (χ2v) is 14.3. The third-order valence-electron chi connectivity index (χ3n) is 9.84. The number of carbonyl (C=O) groups excluding carboxylic acids is 2. The van der Waals surface area contributed by atoms with Crippen molar-refractivity contribution in [2.45, 2.75) is 46.1 Å². The van der Waals surface area contributed by atoms with E-state index in [0.29, 0.717) is 51.3 Å². The summed E-state index contributed by atoms with van der Waals surface area (Å²) in [4.78, 5) is 30.9. The van der Waals surface area contributed by atoms with Crippen molar-refractivity contribution in [1.82, 2.24) is 14.1 Å². The zero-order chi connectivity index (χ0) is 29.1. The summed E-state index contributed by atoms with van der Waals surface area (Å²) in [5.41, 5.74) is -0.172. The molecule has 2 unspecified atom stereocenters. The Hall–Kier alpha value is -2.53. The third-order valence-corrected chi connectivity index (χ3v) is 11.8. The zero-order valence-corrected chi connectivity index (χ0v) is 25.1. The van der Waals surface area contributed by atoms with Crippen LogP contribution in [0.3, 0.4) is 0 Å². The Morgan fingerprint density at radius 3 is 2.46 bits per heavy atom. The number of fused-ring (bicyclic) bond motifs is 2. The van der Waals surface area contributed by atoms with Crippen LogP contribution in [0.5, 0.6) is 0 Å². The first kappa shape index (κ1) is 29.9. The Morgan fingerprint density at radius 1 is 1.07 bits per heavy atom. The van der Waals surface area contributed by atoms with Gasteiger partial charge in [-0.3, -0.25) is 14.5 Å². The molecule has 2 aromatic rings. The van der Waals surface area contributed by atoms with Crippen LogP contribution in [0.25, 0.3) is 0 Å². The molecule has 2 bridgehead atoms. The molecule has 1 aromatic heterocycles. The Morgan fingerprint density at radius 2 is 1.83 bits per heavy atom. The van der Waals surface area contributed by atoms with E-state index in [1.54, 1.807) is 17.2 Å². The van der Waals surface area contributed by atoms with E-state index < -0.39 is 15.4 Å². The topological polar surface area (TPSA) is 100 Å². The van der Waals surface area contributed by atoms with Gasteiger partial charge in [-0.25, -0.2) is 8.42 Å². The molecule has 3 fully saturated rings. The molecule has 1 aromatic carbocycles. The van der Waals surface area contributed by atoms with Gasteiger partial charge in [-0.05, 0) is 48.3 Å². The largest absolute Gasteiger partial charge is 0.467 e. The smallest absolute Gasteiger partial charge is 0.238 e. The average Bonchev–Trinajstić information content (AvgIpc) is 3.60. The van der Waals surface area contributed by atoms with Crippen LogP contribution < -0.4 is 0 Å². The molecule has 2 aliphatic carbocycles. The SMILES string of the molecule is CC1(C)C2CCC1(CS(=O)(=O)N(CCN1CCOCC1)CC(=O)N(CCc1ccccc1)Cc1ccco1)C(=O)C2. The Bertz CT molecular complexity index is 1290. The van der Waals surface area contributed by atoms with Gasteiger partial charge in [0.15, 0.2) is 0 Å². The number of rotatable bonds is 13. The third kappa shape index (κ3) is 6.45. The molecule has 10 heteroatoms. The van der Waals surface area contributed by atoms with Gasteiger partial charge in [0.05, 0.1) is 38.3 Å². The number of hydrogen-bond donors (Lipinski definition) is 0. The normalized spacial score (nSPS) is 24.3. The van der Waals surface area contributed by atoms with Gasteiger partial charge < -0.3 is 14.1 Å². The molecule has 1 aliphatic heterocycles. The number of sulfonamides is 1. The fraction of sp³-hybridized carbons (Fsp3) is 0.613. The highest BCUT2D eigenvalue weighted by atomic mass is 32.2. The number of morpholine rings is 1. The van der Waals surface area contributed by atoms with Crippen molar-refractivity contribution >= 4 is 21.7 Å². The highest BCUT2D eigenvalue weighted by molar-refractivity contribution is 7.89. The van der Waals surface area contributed by atoms with Crippen molar-refractivity contribution in [3.8, 4) is 0 Å². The highest BCUT2D eigenvalue weighted by Gasteiger charge is 2.65. The summed E-state index contributed by atoms with van der Waals surface area (Å²) >= 11 is 0. The van der Waals surface area contributed by atoms with Gasteiger partial charge in [0.25, 0.3) is 0 Å². The lowest BCUT2D eigenvalue weighted by Gasteiger charge is -2.38. The van der Waals surface area contributed by atoms with E-state index in [9.17, 15) is 18.0 Å². The van der Waals surface area contributed by atoms with Crippen LogP contribution in [0.2, 0.25) is 0 Å². The number of Topliss-reactive ketones (excluding diaryl/α,β-unsaturated/α-hetero) is 1. The first-order valence-electron chi connectivity index (χ1n) is 14.8. The van der Waals surface area contributed by atoms with Crippen LogP contribution in [-0.2, 0) is 37.3 Å². The number of ether oxygens (including phenoxy) is 1. The Kier molecular flexibility index (Phi) is 9.04. The van der Waals surface area contributed by atoms with Gasteiger partial charge in [0.1, 0.15) is 11.5 Å². The fourth-order valence-corrected chi connectivity index (χ4v) is 9.10. The minimum absolute atomic E-state index is 0.0593. The summed E-state index contributed by atoms with van der Waals surface area (Å²) in [6.07, 6.45) is 4.13. The minimum atomic E-state index is -3.93. The first-order valence-corrected chi connectivity index (χ1v) is 16.4. The van der Waals surface area contributed by atoms with Crippen LogP contribution in [0.1, 0.15) is 44.4 Å². The molecule has 224 valence electrons. The number of benzene rings is 1. The van der Waals surface area contributed by atoms with Gasteiger partial charge in [0.2, 0.25) is 15.9 Å². The summed E-state index contributed by atoms with van der Waals surface area (Å²) in [5, 5.41) is 0. The molecular formula is C31H43N3O6S. The number of amides is 1. The molecule has 2 heterocycles. The summed E-state index contributed by atoms with van der Waals surface area (Å²) in [5.74, 6) is 0.408.